The van der Waals surface area contributed by atoms with Crippen molar-refractivity contribution in [3.05, 3.63) is 143 Å². The number of fused-ring (bicyclic) bond motifs is 1. The standard InChI is InChI=1S/C33H25N3O7S/c1-3-42-32(38)28-29(20-9-5-4-6-10-20)34-33-35(30(28)21-13-15-22(41-2)16-14-21)31(37)27(44-33)19-23-17-18-26(43-23)24-11-7-8-12-25(24)36(39)40/h4-19,30H,3H2,1-2H3/b27-19-. The Kier molecular flexibility index (Phi) is 7.78. The molecule has 2 aromatic heterocycles. The monoisotopic (exact) mass is 607 g/mol. The van der Waals surface area contributed by atoms with Gasteiger partial charge in [0.1, 0.15) is 17.3 Å². The largest absolute Gasteiger partial charge is 0.497 e. The molecule has 11 heteroatoms. The van der Waals surface area contributed by atoms with Gasteiger partial charge in [-0.25, -0.2) is 9.79 Å². The van der Waals surface area contributed by atoms with Gasteiger partial charge in [0.2, 0.25) is 0 Å². The Labute approximate surface area is 254 Å². The maximum absolute atomic E-state index is 14.1. The SMILES string of the molecule is CCOC(=O)C1=C(c2ccccc2)N=c2s/c(=C\c3ccc(-c4ccccc4[N+](=O)[O-])o3)c(=O)n2C1c1ccc(OC)cc1. The molecule has 6 rings (SSSR count). The van der Waals surface area contributed by atoms with Gasteiger partial charge in [0.05, 0.1) is 46.0 Å². The van der Waals surface area contributed by atoms with Gasteiger partial charge in [0.15, 0.2) is 4.80 Å². The highest BCUT2D eigenvalue weighted by molar-refractivity contribution is 7.07. The molecule has 0 radical (unpaired) electrons. The summed E-state index contributed by atoms with van der Waals surface area (Å²) in [5, 5.41) is 11.5. The van der Waals surface area contributed by atoms with Crippen LogP contribution in [0.5, 0.6) is 5.75 Å². The molecule has 3 aromatic carbocycles. The number of rotatable bonds is 8. The first-order valence-electron chi connectivity index (χ1n) is 13.7. The summed E-state index contributed by atoms with van der Waals surface area (Å²) in [5.41, 5.74) is 1.87. The van der Waals surface area contributed by atoms with Crippen molar-refractivity contribution in [2.24, 2.45) is 4.99 Å². The van der Waals surface area contributed by atoms with Crippen molar-refractivity contribution in [1.82, 2.24) is 4.57 Å². The van der Waals surface area contributed by atoms with Gasteiger partial charge in [0.25, 0.3) is 11.2 Å². The zero-order valence-electron chi connectivity index (χ0n) is 23.6. The Morgan fingerprint density at radius 2 is 1.77 bits per heavy atom. The summed E-state index contributed by atoms with van der Waals surface area (Å²) in [5.74, 6) is 0.671. The molecular formula is C33H25N3O7S. The number of nitro benzene ring substituents is 1. The van der Waals surface area contributed by atoms with Crippen LogP contribution in [0.15, 0.2) is 111 Å². The van der Waals surface area contributed by atoms with E-state index in [2.05, 4.69) is 0 Å². The van der Waals surface area contributed by atoms with E-state index in [-0.39, 0.29) is 23.4 Å². The van der Waals surface area contributed by atoms with Crippen LogP contribution in [-0.2, 0) is 9.53 Å². The number of ether oxygens (including phenoxy) is 2. The molecule has 1 atom stereocenters. The van der Waals surface area contributed by atoms with Crippen molar-refractivity contribution >= 4 is 34.8 Å². The van der Waals surface area contributed by atoms with Crippen molar-refractivity contribution in [2.45, 2.75) is 13.0 Å². The quantitative estimate of drug-likeness (QED) is 0.136. The van der Waals surface area contributed by atoms with Crippen LogP contribution in [0, 0.1) is 10.1 Å². The van der Waals surface area contributed by atoms with E-state index in [1.165, 1.54) is 10.6 Å². The number of thiazole rings is 1. The fourth-order valence-corrected chi connectivity index (χ4v) is 6.07. The van der Waals surface area contributed by atoms with Crippen LogP contribution in [0.25, 0.3) is 23.1 Å². The average molecular weight is 608 g/mol. The topological polar surface area (TPSA) is 126 Å². The Morgan fingerprint density at radius 3 is 2.48 bits per heavy atom. The van der Waals surface area contributed by atoms with E-state index in [4.69, 9.17) is 18.9 Å². The van der Waals surface area contributed by atoms with E-state index in [1.54, 1.807) is 74.7 Å². The maximum Gasteiger partial charge on any atom is 0.338 e. The lowest BCUT2D eigenvalue weighted by atomic mass is 9.93. The predicted molar refractivity (Wildman–Crippen MR) is 165 cm³/mol. The number of aromatic nitrogens is 1. The maximum atomic E-state index is 14.1. The highest BCUT2D eigenvalue weighted by Gasteiger charge is 2.35. The average Bonchev–Trinajstić information content (AvgIpc) is 3.64. The number of nitro groups is 1. The van der Waals surface area contributed by atoms with E-state index >= 15 is 0 Å². The van der Waals surface area contributed by atoms with Crippen molar-refractivity contribution in [3.63, 3.8) is 0 Å². The molecular weight excluding hydrogens is 582 g/mol. The second-order valence-corrected chi connectivity index (χ2v) is 10.7. The molecule has 0 saturated heterocycles. The summed E-state index contributed by atoms with van der Waals surface area (Å²) in [7, 11) is 1.56. The van der Waals surface area contributed by atoms with Crippen molar-refractivity contribution in [1.29, 1.82) is 0 Å². The van der Waals surface area contributed by atoms with Crippen LogP contribution >= 0.6 is 11.3 Å². The molecule has 44 heavy (non-hydrogen) atoms. The molecule has 0 saturated carbocycles. The molecule has 0 spiro atoms. The van der Waals surface area contributed by atoms with Crippen molar-refractivity contribution < 1.29 is 23.6 Å². The molecule has 1 unspecified atom stereocenters. The highest BCUT2D eigenvalue weighted by atomic mass is 32.1. The molecule has 0 aliphatic carbocycles. The van der Waals surface area contributed by atoms with Gasteiger partial charge in [-0.05, 0) is 42.8 Å². The van der Waals surface area contributed by atoms with Crippen LogP contribution in [0.3, 0.4) is 0 Å². The van der Waals surface area contributed by atoms with Gasteiger partial charge in [-0.2, -0.15) is 0 Å². The van der Waals surface area contributed by atoms with Gasteiger partial charge < -0.3 is 13.9 Å². The lowest BCUT2D eigenvalue weighted by molar-refractivity contribution is -0.384. The molecule has 5 aromatic rings. The number of carbonyl (C=O) groups is 1. The van der Waals surface area contributed by atoms with Crippen LogP contribution in [-0.4, -0.2) is 29.2 Å². The minimum atomic E-state index is -0.840. The zero-order valence-corrected chi connectivity index (χ0v) is 24.4. The Morgan fingerprint density at radius 1 is 1.05 bits per heavy atom. The van der Waals surface area contributed by atoms with Crippen LogP contribution in [0.2, 0.25) is 0 Å². The minimum absolute atomic E-state index is 0.0906. The summed E-state index contributed by atoms with van der Waals surface area (Å²) in [6.45, 7) is 1.87. The third kappa shape index (κ3) is 5.25. The summed E-state index contributed by atoms with van der Waals surface area (Å²) < 4.78 is 18.6. The Balaban J connectivity index is 1.55. The van der Waals surface area contributed by atoms with Crippen LogP contribution < -0.4 is 19.6 Å². The molecule has 3 heterocycles. The smallest absolute Gasteiger partial charge is 0.338 e. The van der Waals surface area contributed by atoms with E-state index in [0.29, 0.717) is 49.0 Å². The molecule has 0 amide bonds. The first kappa shape index (κ1) is 28.6. The van der Waals surface area contributed by atoms with Crippen LogP contribution in [0.1, 0.15) is 29.9 Å². The lowest BCUT2D eigenvalue weighted by Crippen LogP contribution is -2.40. The normalized spacial score (nSPS) is 14.6. The van der Waals surface area contributed by atoms with Gasteiger partial charge in [-0.3, -0.25) is 19.5 Å². The first-order chi connectivity index (χ1) is 21.4. The number of hydrogen-bond donors (Lipinski definition) is 0. The Bertz CT molecular complexity index is 2090. The van der Waals surface area contributed by atoms with E-state index in [9.17, 15) is 19.7 Å². The summed E-state index contributed by atoms with van der Waals surface area (Å²) >= 11 is 1.15. The number of benzene rings is 3. The van der Waals surface area contributed by atoms with Crippen LogP contribution in [0.4, 0.5) is 5.69 Å². The second-order valence-electron chi connectivity index (χ2n) is 9.68. The molecule has 1 aliphatic heterocycles. The fourth-order valence-electron chi connectivity index (χ4n) is 5.09. The zero-order chi connectivity index (χ0) is 30.8. The summed E-state index contributed by atoms with van der Waals surface area (Å²) in [6.07, 6.45) is 1.57. The third-order valence-electron chi connectivity index (χ3n) is 7.07. The number of furan rings is 1. The molecule has 0 bridgehead atoms. The molecule has 0 N–H and O–H groups in total. The number of carbonyl (C=O) groups excluding carboxylic acids is 1. The van der Waals surface area contributed by atoms with Gasteiger partial charge >= 0.3 is 5.97 Å². The lowest BCUT2D eigenvalue weighted by Gasteiger charge is -2.26. The van der Waals surface area contributed by atoms with Gasteiger partial charge in [-0.15, -0.1) is 0 Å². The number of esters is 1. The molecule has 0 fully saturated rings. The van der Waals surface area contributed by atoms with E-state index in [0.717, 1.165) is 11.3 Å². The molecule has 10 nitrogen and oxygen atoms in total. The first-order valence-corrected chi connectivity index (χ1v) is 14.5. The number of hydrogen-bond acceptors (Lipinski definition) is 9. The van der Waals surface area contributed by atoms with E-state index in [1.807, 2.05) is 30.3 Å². The van der Waals surface area contributed by atoms with Gasteiger partial charge in [0, 0.05) is 17.7 Å². The number of methoxy groups -OCH3 is 1. The number of nitrogens with zero attached hydrogens (tertiary/aromatic N) is 3. The minimum Gasteiger partial charge on any atom is -0.497 e. The van der Waals surface area contributed by atoms with Gasteiger partial charge in [-0.1, -0.05) is 65.9 Å². The predicted octanol–water partition coefficient (Wildman–Crippen LogP) is 5.11. The summed E-state index contributed by atoms with van der Waals surface area (Å²) in [6, 6.07) is 25.1. The highest BCUT2D eigenvalue weighted by Crippen LogP contribution is 2.36. The molecule has 220 valence electrons. The van der Waals surface area contributed by atoms with Crippen molar-refractivity contribution in [3.8, 4) is 17.1 Å². The molecule has 1 aliphatic rings. The van der Waals surface area contributed by atoms with E-state index < -0.39 is 16.9 Å². The second kappa shape index (κ2) is 12.0. The Hall–Kier alpha value is -5.55. The summed E-state index contributed by atoms with van der Waals surface area (Å²) in [4.78, 5) is 43.9. The number of para-hydroxylation sites is 1. The third-order valence-corrected chi connectivity index (χ3v) is 8.05. The fraction of sp³-hybridized carbons (Fsp3) is 0.121. The van der Waals surface area contributed by atoms with Crippen molar-refractivity contribution in [2.75, 3.05) is 13.7 Å².